The van der Waals surface area contributed by atoms with Crippen LogP contribution in [0.4, 0.5) is 0 Å². The van der Waals surface area contributed by atoms with Crippen molar-refractivity contribution in [1.82, 2.24) is 5.32 Å². The van der Waals surface area contributed by atoms with Gasteiger partial charge in [-0.2, -0.15) is 0 Å². The maximum atomic E-state index is 12.6. The molecule has 2 aromatic rings. The fraction of sp³-hybridized carbons (Fsp3) is 0.381. The van der Waals surface area contributed by atoms with Crippen LogP contribution in [0.15, 0.2) is 36.4 Å². The van der Waals surface area contributed by atoms with Crippen LogP contribution in [-0.2, 0) is 5.60 Å². The summed E-state index contributed by atoms with van der Waals surface area (Å²) in [6, 6.07) is 10.2. The standard InChI is InChI=1S/C21H25NO6/c1-4-25-16-8-6-14(10-18(16)26-5-2)20(23)22-12-21(3,24)15-7-9-17-19(11-15)28-13-27-17/h6-11,24H,4-5,12-13H2,1-3H3,(H,22,23). The number of aliphatic hydroxyl groups is 1. The fourth-order valence-electron chi connectivity index (χ4n) is 2.88. The highest BCUT2D eigenvalue weighted by Gasteiger charge is 2.27. The van der Waals surface area contributed by atoms with Gasteiger partial charge in [-0.15, -0.1) is 0 Å². The number of rotatable bonds is 8. The van der Waals surface area contributed by atoms with Gasteiger partial charge in [-0.25, -0.2) is 0 Å². The van der Waals surface area contributed by atoms with Gasteiger partial charge >= 0.3 is 0 Å². The van der Waals surface area contributed by atoms with E-state index in [1.165, 1.54) is 0 Å². The van der Waals surface area contributed by atoms with Crippen LogP contribution in [0.2, 0.25) is 0 Å². The third kappa shape index (κ3) is 4.31. The van der Waals surface area contributed by atoms with Crippen molar-refractivity contribution < 1.29 is 28.8 Å². The van der Waals surface area contributed by atoms with Gasteiger partial charge < -0.3 is 29.4 Å². The summed E-state index contributed by atoms with van der Waals surface area (Å²) in [7, 11) is 0. The molecule has 7 heteroatoms. The molecule has 0 spiro atoms. The Kier molecular flexibility index (Phi) is 5.94. The van der Waals surface area contributed by atoms with E-state index in [1.54, 1.807) is 43.3 Å². The minimum absolute atomic E-state index is 0.0304. The molecule has 1 aliphatic heterocycles. The Morgan fingerprint density at radius 1 is 1.07 bits per heavy atom. The quantitative estimate of drug-likeness (QED) is 0.724. The number of hydrogen-bond donors (Lipinski definition) is 2. The first-order valence-electron chi connectivity index (χ1n) is 9.25. The minimum atomic E-state index is -1.27. The predicted octanol–water partition coefficient (Wildman–Crippen LogP) is 2.85. The van der Waals surface area contributed by atoms with Gasteiger partial charge in [0.1, 0.15) is 5.60 Å². The summed E-state index contributed by atoms with van der Waals surface area (Å²) < 4.78 is 21.7. The molecule has 0 bridgehead atoms. The predicted molar refractivity (Wildman–Crippen MR) is 103 cm³/mol. The minimum Gasteiger partial charge on any atom is -0.490 e. The lowest BCUT2D eigenvalue weighted by molar-refractivity contribution is 0.0524. The second kappa shape index (κ2) is 8.39. The molecule has 0 fully saturated rings. The fourth-order valence-corrected chi connectivity index (χ4v) is 2.88. The Bertz CT molecular complexity index is 849. The van der Waals surface area contributed by atoms with E-state index in [2.05, 4.69) is 5.32 Å². The molecule has 1 unspecified atom stereocenters. The van der Waals surface area contributed by atoms with Crippen LogP contribution in [0.25, 0.3) is 0 Å². The van der Waals surface area contributed by atoms with Crippen molar-refractivity contribution in [3.8, 4) is 23.0 Å². The van der Waals surface area contributed by atoms with Gasteiger partial charge in [-0.1, -0.05) is 6.07 Å². The van der Waals surface area contributed by atoms with Crippen LogP contribution >= 0.6 is 0 Å². The number of amides is 1. The molecule has 7 nitrogen and oxygen atoms in total. The highest BCUT2D eigenvalue weighted by atomic mass is 16.7. The van der Waals surface area contributed by atoms with Gasteiger partial charge in [-0.05, 0) is 56.7 Å². The van der Waals surface area contributed by atoms with Crippen LogP contribution in [-0.4, -0.2) is 37.6 Å². The lowest BCUT2D eigenvalue weighted by Crippen LogP contribution is -2.38. The third-order valence-electron chi connectivity index (χ3n) is 4.39. The Balaban J connectivity index is 1.69. The van der Waals surface area contributed by atoms with E-state index in [-0.39, 0.29) is 19.2 Å². The van der Waals surface area contributed by atoms with Crippen molar-refractivity contribution in [2.75, 3.05) is 26.6 Å². The molecule has 1 atom stereocenters. The molecule has 150 valence electrons. The van der Waals surface area contributed by atoms with Crippen molar-refractivity contribution in [3.05, 3.63) is 47.5 Å². The lowest BCUT2D eigenvalue weighted by atomic mass is 9.95. The van der Waals surface area contributed by atoms with Crippen molar-refractivity contribution >= 4 is 5.91 Å². The zero-order valence-corrected chi connectivity index (χ0v) is 16.3. The molecule has 2 N–H and O–H groups in total. The average molecular weight is 387 g/mol. The molecular formula is C21H25NO6. The molecule has 1 aliphatic rings. The molecule has 3 rings (SSSR count). The molecule has 0 saturated carbocycles. The van der Waals surface area contributed by atoms with Gasteiger partial charge in [0, 0.05) is 5.56 Å². The summed E-state index contributed by atoms with van der Waals surface area (Å²) in [6.07, 6.45) is 0. The number of nitrogens with one attached hydrogen (secondary N) is 1. The molecule has 0 aliphatic carbocycles. The molecule has 28 heavy (non-hydrogen) atoms. The number of fused-ring (bicyclic) bond motifs is 1. The molecule has 2 aromatic carbocycles. The van der Waals surface area contributed by atoms with Gasteiger partial charge in [0.2, 0.25) is 6.79 Å². The Morgan fingerprint density at radius 2 is 1.79 bits per heavy atom. The Labute approximate surface area is 164 Å². The van der Waals surface area contributed by atoms with Crippen LogP contribution in [0.1, 0.15) is 36.7 Å². The molecular weight excluding hydrogens is 362 g/mol. The van der Waals surface area contributed by atoms with Crippen molar-refractivity contribution in [1.29, 1.82) is 0 Å². The van der Waals surface area contributed by atoms with Gasteiger partial charge in [0.15, 0.2) is 23.0 Å². The summed E-state index contributed by atoms with van der Waals surface area (Å²) in [5.41, 5.74) is -0.225. The van der Waals surface area contributed by atoms with E-state index in [1.807, 2.05) is 13.8 Å². The van der Waals surface area contributed by atoms with Crippen LogP contribution < -0.4 is 24.3 Å². The first-order valence-corrected chi connectivity index (χ1v) is 9.25. The van der Waals surface area contributed by atoms with E-state index in [0.29, 0.717) is 47.3 Å². The molecule has 0 radical (unpaired) electrons. The lowest BCUT2D eigenvalue weighted by Gasteiger charge is -2.24. The van der Waals surface area contributed by atoms with Crippen LogP contribution in [0.3, 0.4) is 0 Å². The van der Waals surface area contributed by atoms with E-state index >= 15 is 0 Å². The average Bonchev–Trinajstić information content (AvgIpc) is 3.16. The largest absolute Gasteiger partial charge is 0.490 e. The van der Waals surface area contributed by atoms with E-state index < -0.39 is 5.60 Å². The number of ether oxygens (including phenoxy) is 4. The number of carbonyl (C=O) groups excluding carboxylic acids is 1. The zero-order chi connectivity index (χ0) is 20.1. The maximum absolute atomic E-state index is 12.6. The van der Waals surface area contributed by atoms with Gasteiger partial charge in [0.25, 0.3) is 5.91 Å². The van der Waals surface area contributed by atoms with E-state index in [4.69, 9.17) is 18.9 Å². The maximum Gasteiger partial charge on any atom is 0.251 e. The third-order valence-corrected chi connectivity index (χ3v) is 4.39. The Morgan fingerprint density at radius 3 is 2.54 bits per heavy atom. The smallest absolute Gasteiger partial charge is 0.251 e. The summed E-state index contributed by atoms with van der Waals surface area (Å²) in [6.45, 7) is 6.54. The topological polar surface area (TPSA) is 86.3 Å². The summed E-state index contributed by atoms with van der Waals surface area (Å²) in [5, 5.41) is 13.6. The molecule has 1 amide bonds. The Hall–Kier alpha value is -2.93. The zero-order valence-electron chi connectivity index (χ0n) is 16.3. The van der Waals surface area contributed by atoms with E-state index in [0.717, 1.165) is 0 Å². The van der Waals surface area contributed by atoms with Crippen molar-refractivity contribution in [2.24, 2.45) is 0 Å². The number of hydrogen-bond acceptors (Lipinski definition) is 6. The van der Waals surface area contributed by atoms with Gasteiger partial charge in [0.05, 0.1) is 19.8 Å². The molecule has 0 aromatic heterocycles. The second-order valence-electron chi connectivity index (χ2n) is 6.55. The van der Waals surface area contributed by atoms with E-state index in [9.17, 15) is 9.90 Å². The molecule has 0 saturated heterocycles. The normalized spacial score (nSPS) is 14.3. The van der Waals surface area contributed by atoms with Crippen LogP contribution in [0, 0.1) is 0 Å². The van der Waals surface area contributed by atoms with Crippen LogP contribution in [0.5, 0.6) is 23.0 Å². The molecule has 1 heterocycles. The number of carbonyl (C=O) groups is 1. The summed E-state index contributed by atoms with van der Waals surface area (Å²) in [5.74, 6) is 2.01. The van der Waals surface area contributed by atoms with Gasteiger partial charge in [-0.3, -0.25) is 4.79 Å². The number of benzene rings is 2. The highest BCUT2D eigenvalue weighted by Crippen LogP contribution is 2.35. The van der Waals surface area contributed by atoms with Crippen molar-refractivity contribution in [3.63, 3.8) is 0 Å². The summed E-state index contributed by atoms with van der Waals surface area (Å²) in [4.78, 5) is 12.6. The first kappa shape index (κ1) is 19.8. The highest BCUT2D eigenvalue weighted by molar-refractivity contribution is 5.95. The first-order chi connectivity index (χ1) is 13.4. The summed E-state index contributed by atoms with van der Waals surface area (Å²) >= 11 is 0. The SMILES string of the molecule is CCOc1ccc(C(=O)NCC(C)(O)c2ccc3c(c2)OCO3)cc1OCC. The second-order valence-corrected chi connectivity index (χ2v) is 6.55. The van der Waals surface area contributed by atoms with Crippen molar-refractivity contribution in [2.45, 2.75) is 26.4 Å². The monoisotopic (exact) mass is 387 g/mol.